The van der Waals surface area contributed by atoms with Gasteiger partial charge in [-0.3, -0.25) is 9.59 Å². The molecule has 7 nitrogen and oxygen atoms in total. The molecule has 2 aromatic rings. The maximum atomic E-state index is 13.5. The van der Waals surface area contributed by atoms with Gasteiger partial charge in [-0.25, -0.2) is 8.42 Å². The summed E-state index contributed by atoms with van der Waals surface area (Å²) in [4.78, 5) is 24.7. The summed E-state index contributed by atoms with van der Waals surface area (Å²) in [5.74, 6) is -2.48. The van der Waals surface area contributed by atoms with Crippen LogP contribution < -0.4 is 5.32 Å². The topological polar surface area (TPSA) is 104 Å². The first-order chi connectivity index (χ1) is 18.4. The predicted molar refractivity (Wildman–Crippen MR) is 153 cm³/mol. The second kappa shape index (κ2) is 12.2. The van der Waals surface area contributed by atoms with E-state index in [2.05, 4.69) is 12.2 Å². The molecule has 1 saturated carbocycles. The van der Waals surface area contributed by atoms with Crippen LogP contribution in [0.5, 0.6) is 0 Å². The van der Waals surface area contributed by atoms with Crippen molar-refractivity contribution in [3.05, 3.63) is 69.7 Å². The molecular formula is C29H36Cl2N2O5S. The maximum absolute atomic E-state index is 13.5. The maximum Gasteiger partial charge on any atom is 0.304 e. The number of carboxylic acid groups (broad SMARTS) is 1. The Kier molecular flexibility index (Phi) is 9.31. The molecular weight excluding hydrogens is 559 g/mol. The SMILES string of the molecule is CCC(C(C)C1NC(=O)C(CC(=O)O)CC1c1cccc(Cl)c1)C(c1ccc(Cl)cc1)N(C)S(=O)(=O)C1CC1. The summed E-state index contributed by atoms with van der Waals surface area (Å²) in [7, 11) is -1.86. The molecule has 1 aliphatic heterocycles. The zero-order chi connectivity index (χ0) is 28.5. The predicted octanol–water partition coefficient (Wildman–Crippen LogP) is 5.88. The first kappa shape index (κ1) is 29.8. The van der Waals surface area contributed by atoms with Gasteiger partial charge in [0, 0.05) is 35.0 Å². The molecule has 1 heterocycles. The number of nitrogens with zero attached hydrogens (tertiary/aromatic N) is 1. The molecule has 2 aromatic carbocycles. The first-order valence-corrected chi connectivity index (χ1v) is 15.7. The summed E-state index contributed by atoms with van der Waals surface area (Å²) in [6, 6.07) is 13.9. The van der Waals surface area contributed by atoms with Crippen molar-refractivity contribution < 1.29 is 23.1 Å². The molecule has 39 heavy (non-hydrogen) atoms. The Labute approximate surface area is 240 Å². The van der Waals surface area contributed by atoms with Gasteiger partial charge >= 0.3 is 5.97 Å². The van der Waals surface area contributed by atoms with Crippen molar-refractivity contribution in [3.63, 3.8) is 0 Å². The van der Waals surface area contributed by atoms with E-state index >= 15 is 0 Å². The molecule has 6 atom stereocenters. The van der Waals surface area contributed by atoms with Gasteiger partial charge in [0.1, 0.15) is 0 Å². The number of amides is 1. The van der Waals surface area contributed by atoms with Crippen molar-refractivity contribution in [2.24, 2.45) is 17.8 Å². The number of hydrogen-bond donors (Lipinski definition) is 2. The van der Waals surface area contributed by atoms with E-state index in [1.165, 1.54) is 4.31 Å². The number of carbonyl (C=O) groups excluding carboxylic acids is 1. The number of carboxylic acids is 1. The van der Waals surface area contributed by atoms with Crippen LogP contribution in [0.15, 0.2) is 48.5 Å². The quantitative estimate of drug-likeness (QED) is 0.338. The zero-order valence-electron chi connectivity index (χ0n) is 22.4. The summed E-state index contributed by atoms with van der Waals surface area (Å²) in [5, 5.41) is 13.3. The van der Waals surface area contributed by atoms with Crippen LogP contribution >= 0.6 is 23.2 Å². The van der Waals surface area contributed by atoms with Crippen molar-refractivity contribution in [3.8, 4) is 0 Å². The molecule has 1 amide bonds. The van der Waals surface area contributed by atoms with Crippen molar-refractivity contribution in [1.82, 2.24) is 9.62 Å². The fourth-order valence-corrected chi connectivity index (χ4v) is 8.32. The lowest BCUT2D eigenvalue weighted by atomic mass is 9.69. The molecule has 0 aromatic heterocycles. The largest absolute Gasteiger partial charge is 0.481 e. The van der Waals surface area contributed by atoms with E-state index in [9.17, 15) is 23.1 Å². The van der Waals surface area contributed by atoms with Crippen LogP contribution in [0.25, 0.3) is 0 Å². The molecule has 1 saturated heterocycles. The van der Waals surface area contributed by atoms with Crippen molar-refractivity contribution >= 4 is 45.1 Å². The Balaban J connectivity index is 1.75. The standard InChI is InChI=1S/C29H36Cl2N2O5S/c1-4-24(28(18-8-10-21(30)11-9-18)33(3)39(37,38)23-12-13-23)17(2)27-25(19-6-5-7-22(31)14-19)15-20(16-26(34)35)29(36)32-27/h5-11,14,17,20,23-25,27-28H,4,12-13,15-16H2,1-3H3,(H,32,36)(H,34,35). The molecule has 2 N–H and O–H groups in total. The third kappa shape index (κ3) is 6.62. The minimum atomic E-state index is -3.52. The van der Waals surface area contributed by atoms with Gasteiger partial charge in [-0.1, -0.05) is 67.7 Å². The summed E-state index contributed by atoms with van der Waals surface area (Å²) in [5.41, 5.74) is 1.77. The highest BCUT2D eigenvalue weighted by Crippen LogP contribution is 2.45. The van der Waals surface area contributed by atoms with E-state index in [4.69, 9.17) is 23.2 Å². The molecule has 0 bridgehead atoms. The van der Waals surface area contributed by atoms with E-state index < -0.39 is 28.0 Å². The van der Waals surface area contributed by atoms with Gasteiger partial charge in [-0.2, -0.15) is 4.31 Å². The molecule has 1 aliphatic carbocycles. The van der Waals surface area contributed by atoms with Crippen molar-refractivity contribution in [2.45, 2.75) is 69.2 Å². The number of piperidine rings is 1. The summed E-state index contributed by atoms with van der Waals surface area (Å²) >= 11 is 12.5. The number of benzene rings is 2. The third-order valence-electron chi connectivity index (χ3n) is 8.42. The average Bonchev–Trinajstić information content (AvgIpc) is 3.74. The number of aliphatic carboxylic acids is 1. The summed E-state index contributed by atoms with van der Waals surface area (Å²) < 4.78 is 28.5. The third-order valence-corrected chi connectivity index (χ3v) is 11.2. The Morgan fingerprint density at radius 1 is 1.13 bits per heavy atom. The van der Waals surface area contributed by atoms with Gasteiger partial charge in [-0.05, 0) is 66.5 Å². The summed E-state index contributed by atoms with van der Waals surface area (Å²) in [6.45, 7) is 4.09. The molecule has 2 fully saturated rings. The van der Waals surface area contributed by atoms with Gasteiger partial charge in [0.2, 0.25) is 15.9 Å². The summed E-state index contributed by atoms with van der Waals surface area (Å²) in [6.07, 6.45) is 2.09. The monoisotopic (exact) mass is 594 g/mol. The number of carbonyl (C=O) groups is 2. The van der Waals surface area contributed by atoms with Crippen LogP contribution in [0.2, 0.25) is 10.0 Å². The molecule has 2 aliphatic rings. The van der Waals surface area contributed by atoms with Crippen molar-refractivity contribution in [2.75, 3.05) is 7.05 Å². The van der Waals surface area contributed by atoms with E-state index in [0.717, 1.165) is 11.1 Å². The second-order valence-corrected chi connectivity index (χ2v) is 14.1. The van der Waals surface area contributed by atoms with Gasteiger partial charge < -0.3 is 10.4 Å². The number of hydrogen-bond acceptors (Lipinski definition) is 4. The lowest BCUT2D eigenvalue weighted by Crippen LogP contribution is -2.54. The molecule has 6 unspecified atom stereocenters. The Morgan fingerprint density at radius 3 is 2.36 bits per heavy atom. The Morgan fingerprint density at radius 2 is 1.79 bits per heavy atom. The van der Waals surface area contributed by atoms with E-state index in [-0.39, 0.29) is 41.4 Å². The average molecular weight is 596 g/mol. The number of sulfonamides is 1. The van der Waals surface area contributed by atoms with Crippen LogP contribution in [-0.4, -0.2) is 48.0 Å². The lowest BCUT2D eigenvalue weighted by Gasteiger charge is -2.45. The number of rotatable bonds is 11. The molecule has 212 valence electrons. The van der Waals surface area contributed by atoms with E-state index in [1.807, 2.05) is 37.3 Å². The van der Waals surface area contributed by atoms with Crippen molar-refractivity contribution in [1.29, 1.82) is 0 Å². The van der Waals surface area contributed by atoms with Crippen LogP contribution in [0.4, 0.5) is 0 Å². The minimum Gasteiger partial charge on any atom is -0.481 e. The molecule has 4 rings (SSSR count). The lowest BCUT2D eigenvalue weighted by molar-refractivity contribution is -0.142. The number of nitrogens with one attached hydrogen (secondary N) is 1. The van der Waals surface area contributed by atoms with Gasteiger partial charge in [0.15, 0.2) is 0 Å². The molecule has 0 spiro atoms. The highest BCUT2D eigenvalue weighted by Gasteiger charge is 2.47. The fourth-order valence-electron chi connectivity index (χ4n) is 6.20. The molecule has 0 radical (unpaired) electrons. The van der Waals surface area contributed by atoms with Gasteiger partial charge in [-0.15, -0.1) is 0 Å². The highest BCUT2D eigenvalue weighted by atomic mass is 35.5. The normalized spacial score (nSPS) is 24.2. The molecule has 10 heteroatoms. The Hall–Kier alpha value is -2.13. The minimum absolute atomic E-state index is 0.160. The van der Waals surface area contributed by atoms with E-state index in [0.29, 0.717) is 35.7 Å². The second-order valence-electron chi connectivity index (χ2n) is 10.9. The van der Waals surface area contributed by atoms with Gasteiger partial charge in [0.25, 0.3) is 0 Å². The zero-order valence-corrected chi connectivity index (χ0v) is 24.7. The van der Waals surface area contributed by atoms with Crippen LogP contribution in [0.1, 0.15) is 69.0 Å². The smallest absolute Gasteiger partial charge is 0.304 e. The fraction of sp³-hybridized carbons (Fsp3) is 0.517. The van der Waals surface area contributed by atoms with Crippen LogP contribution in [0, 0.1) is 17.8 Å². The highest BCUT2D eigenvalue weighted by molar-refractivity contribution is 7.90. The van der Waals surface area contributed by atoms with Crippen LogP contribution in [0.3, 0.4) is 0 Å². The van der Waals surface area contributed by atoms with Crippen LogP contribution in [-0.2, 0) is 19.6 Å². The van der Waals surface area contributed by atoms with E-state index in [1.54, 1.807) is 25.2 Å². The van der Waals surface area contributed by atoms with Gasteiger partial charge in [0.05, 0.1) is 17.7 Å². The number of halogens is 2. The first-order valence-electron chi connectivity index (χ1n) is 13.4. The Bertz CT molecular complexity index is 1300.